The third-order valence-electron chi connectivity index (χ3n) is 16.5. The molecule has 5 aliphatic rings. The Morgan fingerprint density at radius 2 is 1.12 bits per heavy atom. The summed E-state index contributed by atoms with van der Waals surface area (Å²) < 4.78 is 101. The molecule has 0 saturated carbocycles. The van der Waals surface area contributed by atoms with E-state index < -0.39 is 59.2 Å². The van der Waals surface area contributed by atoms with Crippen molar-refractivity contribution in [2.45, 2.75) is 113 Å². The summed E-state index contributed by atoms with van der Waals surface area (Å²) in [5.74, 6) is 1.43. The maximum absolute atomic E-state index is 14.6. The standard InChI is InChI=1S/C55H71Cl2N8O9S3/c1-8-73-49-25-23-45(76(69,70)61-27-10-11-28-61)35-47(49)52-58-54(5,41-15-19-43(56)20-16-41)39(3)63(52)51-37-60(38-66)31-33-65(51,32-14-34-75(7,67)68)64-40(4)55(6,42-17-21-44(57)22-18-42)59-53(64)48-36-46(24-26-50(48)74-9-2)77(71,72)62-29-12-13-30-62/h15-26,35-36,38-40,51H,8-14,27-34,37H2,1-7H3/q+1/t39?,40?,51-,54?,55?,65+/m1/s1. The summed E-state index contributed by atoms with van der Waals surface area (Å²) in [6.45, 7) is 14.7. The van der Waals surface area contributed by atoms with Gasteiger partial charge in [0.1, 0.15) is 57.4 Å². The molecular formula is C55H71Cl2N8O9S3+. The molecule has 77 heavy (non-hydrogen) atoms. The third-order valence-corrected chi connectivity index (χ3v) is 21.8. The van der Waals surface area contributed by atoms with Gasteiger partial charge in [0.05, 0.1) is 59.0 Å². The molecule has 416 valence electrons. The van der Waals surface area contributed by atoms with Crippen LogP contribution < -0.4 is 9.47 Å². The summed E-state index contributed by atoms with van der Waals surface area (Å²) >= 11 is 13.1. The minimum atomic E-state index is -3.98. The number of carbonyl (C=O) groups is 1. The van der Waals surface area contributed by atoms with Crippen molar-refractivity contribution in [3.63, 3.8) is 0 Å². The lowest BCUT2D eigenvalue weighted by molar-refractivity contribution is -1.05. The molecule has 5 heterocycles. The van der Waals surface area contributed by atoms with Gasteiger partial charge in [-0.15, -0.1) is 0 Å². The zero-order valence-electron chi connectivity index (χ0n) is 44.9. The first-order valence-electron chi connectivity index (χ1n) is 26.6. The van der Waals surface area contributed by atoms with E-state index in [1.165, 1.54) is 14.9 Å². The number of halogens is 2. The number of amidine groups is 2. The van der Waals surface area contributed by atoms with Crippen LogP contribution in [-0.4, -0.2) is 167 Å². The van der Waals surface area contributed by atoms with Crippen LogP contribution in [0.2, 0.25) is 10.0 Å². The molecule has 6 atom stereocenters. The highest BCUT2D eigenvalue weighted by atomic mass is 35.5. The highest BCUT2D eigenvalue weighted by Gasteiger charge is 2.62. The molecule has 9 rings (SSSR count). The van der Waals surface area contributed by atoms with Crippen LogP contribution in [0.25, 0.3) is 0 Å². The van der Waals surface area contributed by atoms with Crippen molar-refractivity contribution < 1.29 is 44.1 Å². The number of ether oxygens (including phenoxy) is 2. The lowest BCUT2D eigenvalue weighted by atomic mass is 9.86. The van der Waals surface area contributed by atoms with Crippen LogP contribution in [0.4, 0.5) is 0 Å². The fourth-order valence-electron chi connectivity index (χ4n) is 12.1. The molecule has 0 aliphatic carbocycles. The second-order valence-corrected chi connectivity index (χ2v) is 28.2. The van der Waals surface area contributed by atoms with Crippen molar-refractivity contribution in [1.82, 2.24) is 23.4 Å². The largest absolute Gasteiger partial charge is 0.493 e. The summed E-state index contributed by atoms with van der Waals surface area (Å²) in [6, 6.07) is 23.6. The molecule has 0 radical (unpaired) electrons. The van der Waals surface area contributed by atoms with Crippen LogP contribution in [-0.2, 0) is 45.8 Å². The number of amides is 1. The Kier molecular flexibility index (Phi) is 16.3. The number of nitrogens with zero attached hydrogens (tertiary/aromatic N) is 8. The number of hydrogen-bond acceptors (Lipinski definition) is 13. The van der Waals surface area contributed by atoms with Crippen LogP contribution in [0, 0.1) is 0 Å². The summed E-state index contributed by atoms with van der Waals surface area (Å²) in [7, 11) is -11.5. The van der Waals surface area contributed by atoms with Gasteiger partial charge < -0.3 is 14.4 Å². The van der Waals surface area contributed by atoms with Crippen molar-refractivity contribution in [1.29, 1.82) is 0 Å². The Labute approximate surface area is 465 Å². The summed E-state index contributed by atoms with van der Waals surface area (Å²) in [6.07, 6.45) is 4.38. The Bertz CT molecular complexity index is 3270. The van der Waals surface area contributed by atoms with Crippen LogP contribution in [0.15, 0.2) is 105 Å². The third kappa shape index (κ3) is 10.6. The molecule has 3 fully saturated rings. The van der Waals surface area contributed by atoms with Crippen LogP contribution in [0.5, 0.6) is 11.5 Å². The molecule has 1 amide bonds. The second kappa shape index (κ2) is 22.0. The smallest absolute Gasteiger partial charge is 0.243 e. The summed E-state index contributed by atoms with van der Waals surface area (Å²) in [5, 5.41) is 3.26. The van der Waals surface area contributed by atoms with Gasteiger partial charge in [-0.05, 0) is 139 Å². The first kappa shape index (κ1) is 56.9. The van der Waals surface area contributed by atoms with Gasteiger partial charge in [-0.3, -0.25) is 14.7 Å². The molecule has 0 spiro atoms. The Hall–Kier alpha value is -4.80. The van der Waals surface area contributed by atoms with Crippen molar-refractivity contribution in [3.8, 4) is 11.5 Å². The lowest BCUT2D eigenvalue weighted by Crippen LogP contribution is -2.79. The lowest BCUT2D eigenvalue weighted by Gasteiger charge is -2.58. The molecule has 3 saturated heterocycles. The van der Waals surface area contributed by atoms with Gasteiger partial charge in [0.15, 0.2) is 5.84 Å². The fourth-order valence-corrected chi connectivity index (χ4v) is 16.1. The molecule has 4 aromatic rings. The number of quaternary nitrogens is 1. The van der Waals surface area contributed by atoms with E-state index in [4.69, 9.17) is 42.7 Å². The average Bonchev–Trinajstić information content (AvgIpc) is 4.41. The number of carbonyl (C=O) groups excluding carboxylic acids is 1. The maximum Gasteiger partial charge on any atom is 0.243 e. The maximum atomic E-state index is 14.6. The van der Waals surface area contributed by atoms with Gasteiger partial charge in [0, 0.05) is 48.9 Å². The topological polar surface area (TPSA) is 179 Å². The van der Waals surface area contributed by atoms with E-state index in [9.17, 15) is 30.0 Å². The SMILES string of the molecule is CCOc1ccc(S(=O)(=O)N2CCCC2)cc1C1=NC(C)(c2ccc(Cl)cc2)C(C)N1[C@H]1CN(C=O)CC[N@+]1(CCCS(C)(=O)=O)N1C(c2cc(S(=O)(=O)N3CCCC3)ccc2OCC)=NC(C)(c2ccc(Cl)cc2)C1C. The zero-order valence-corrected chi connectivity index (χ0v) is 48.9. The van der Waals surface area contributed by atoms with E-state index in [-0.39, 0.29) is 65.9 Å². The van der Waals surface area contributed by atoms with Crippen molar-refractivity contribution in [2.75, 3.05) is 77.6 Å². The van der Waals surface area contributed by atoms with Gasteiger partial charge in [0.2, 0.25) is 32.6 Å². The monoisotopic (exact) mass is 1150 g/mol. The minimum absolute atomic E-state index is 0.0342. The number of piperazine rings is 1. The van der Waals surface area contributed by atoms with Gasteiger partial charge >= 0.3 is 0 Å². The molecule has 17 nitrogen and oxygen atoms in total. The molecular weight excluding hydrogens is 1080 g/mol. The Morgan fingerprint density at radius 1 is 0.662 bits per heavy atom. The zero-order chi connectivity index (χ0) is 55.3. The Balaban J connectivity index is 1.34. The van der Waals surface area contributed by atoms with Crippen molar-refractivity contribution in [2.24, 2.45) is 9.98 Å². The van der Waals surface area contributed by atoms with Gasteiger partial charge in [-0.25, -0.2) is 30.2 Å². The highest BCUT2D eigenvalue weighted by molar-refractivity contribution is 7.90. The first-order chi connectivity index (χ1) is 36.5. The summed E-state index contributed by atoms with van der Waals surface area (Å²) in [4.78, 5) is 28.9. The second-order valence-electron chi connectivity index (χ2n) is 21.2. The van der Waals surface area contributed by atoms with E-state index in [1.54, 1.807) is 41.3 Å². The molecule has 0 bridgehead atoms. The molecule has 0 aromatic heterocycles. The van der Waals surface area contributed by atoms with E-state index in [1.807, 2.05) is 76.2 Å². The average molecular weight is 1160 g/mol. The van der Waals surface area contributed by atoms with E-state index in [0.29, 0.717) is 70.5 Å². The summed E-state index contributed by atoms with van der Waals surface area (Å²) in [5.41, 5.74) is 0.354. The fraction of sp³-hybridized carbons (Fsp3) is 0.509. The molecule has 0 N–H and O–H groups in total. The minimum Gasteiger partial charge on any atom is -0.493 e. The van der Waals surface area contributed by atoms with Crippen molar-refractivity contribution >= 4 is 71.2 Å². The van der Waals surface area contributed by atoms with E-state index in [0.717, 1.165) is 43.2 Å². The normalized spacial score (nSPS) is 26.6. The van der Waals surface area contributed by atoms with Gasteiger partial charge in [-0.2, -0.15) is 18.2 Å². The molecule has 4 aromatic carbocycles. The van der Waals surface area contributed by atoms with Crippen LogP contribution >= 0.6 is 23.2 Å². The number of benzene rings is 4. The van der Waals surface area contributed by atoms with E-state index in [2.05, 4.69) is 23.8 Å². The molecule has 5 aliphatic heterocycles. The van der Waals surface area contributed by atoms with Gasteiger partial charge in [0.25, 0.3) is 0 Å². The van der Waals surface area contributed by atoms with Crippen LogP contribution in [0.3, 0.4) is 0 Å². The number of sulfonamides is 2. The van der Waals surface area contributed by atoms with E-state index >= 15 is 0 Å². The van der Waals surface area contributed by atoms with Gasteiger partial charge in [-0.1, -0.05) is 47.5 Å². The van der Waals surface area contributed by atoms with Crippen molar-refractivity contribution in [3.05, 3.63) is 117 Å². The number of aliphatic imine (C=N–C) groups is 2. The molecule has 4 unspecified atom stereocenters. The highest BCUT2D eigenvalue weighted by Crippen LogP contribution is 2.49. The predicted octanol–water partition coefficient (Wildman–Crippen LogP) is 7.76. The number of hydrogen-bond donors (Lipinski definition) is 0. The Morgan fingerprint density at radius 3 is 1.57 bits per heavy atom. The first-order valence-corrected chi connectivity index (χ1v) is 32.3. The number of sulfone groups is 1. The number of rotatable bonds is 19. The molecule has 22 heteroatoms. The predicted molar refractivity (Wildman–Crippen MR) is 300 cm³/mol. The van der Waals surface area contributed by atoms with Crippen LogP contribution in [0.1, 0.15) is 95.9 Å². The quantitative estimate of drug-likeness (QED) is 0.0662.